The summed E-state index contributed by atoms with van der Waals surface area (Å²) in [5.41, 5.74) is 2.00. The molecule has 2 saturated heterocycles. The van der Waals surface area contributed by atoms with Crippen LogP contribution in [0.4, 0.5) is 5.69 Å². The lowest BCUT2D eigenvalue weighted by molar-refractivity contribution is -0.142. The average molecular weight is 386 g/mol. The summed E-state index contributed by atoms with van der Waals surface area (Å²) in [5.74, 6) is -0.00811. The van der Waals surface area contributed by atoms with Crippen molar-refractivity contribution in [1.29, 1.82) is 0 Å². The zero-order valence-corrected chi connectivity index (χ0v) is 17.2. The molecule has 0 N–H and O–H groups in total. The minimum Gasteiger partial charge on any atom is -0.343 e. The maximum Gasteiger partial charge on any atom is 0.228 e. The van der Waals surface area contributed by atoms with Crippen LogP contribution in [-0.2, 0) is 14.4 Å². The van der Waals surface area contributed by atoms with Crippen LogP contribution in [0.2, 0.25) is 0 Å². The zero-order valence-electron chi connectivity index (χ0n) is 17.2. The molecule has 6 heteroatoms. The Morgan fingerprint density at radius 1 is 1.04 bits per heavy atom. The van der Waals surface area contributed by atoms with Crippen molar-refractivity contribution < 1.29 is 14.4 Å². The molecule has 3 amide bonds. The highest BCUT2D eigenvalue weighted by Crippen LogP contribution is 2.28. The fraction of sp³-hybridized carbons (Fsp3) is 0.591. The Kier molecular flexibility index (Phi) is 6.37. The number of hydrogen-bond acceptors (Lipinski definition) is 3. The maximum absolute atomic E-state index is 13.0. The van der Waals surface area contributed by atoms with E-state index in [-0.39, 0.29) is 36.0 Å². The minimum atomic E-state index is -0.288. The van der Waals surface area contributed by atoms with E-state index in [1.54, 1.807) is 4.90 Å². The van der Waals surface area contributed by atoms with Crippen molar-refractivity contribution in [3.05, 3.63) is 29.8 Å². The van der Waals surface area contributed by atoms with E-state index < -0.39 is 0 Å². The summed E-state index contributed by atoms with van der Waals surface area (Å²) in [4.78, 5) is 43.4. The molecule has 1 aromatic carbocycles. The Morgan fingerprint density at radius 2 is 1.64 bits per heavy atom. The number of carbonyl (C=O) groups excluding carboxylic acids is 3. The van der Waals surface area contributed by atoms with Gasteiger partial charge in [0, 0.05) is 50.7 Å². The highest BCUT2D eigenvalue weighted by Gasteiger charge is 2.38. The summed E-state index contributed by atoms with van der Waals surface area (Å²) in [6.07, 6.45) is 1.69. The summed E-state index contributed by atoms with van der Waals surface area (Å²) in [7, 11) is 0. The highest BCUT2D eigenvalue weighted by atomic mass is 16.2. The van der Waals surface area contributed by atoms with Gasteiger partial charge in [-0.2, -0.15) is 0 Å². The van der Waals surface area contributed by atoms with E-state index in [2.05, 4.69) is 0 Å². The van der Waals surface area contributed by atoms with E-state index in [9.17, 15) is 14.4 Å². The van der Waals surface area contributed by atoms with Gasteiger partial charge in [-0.25, -0.2) is 0 Å². The van der Waals surface area contributed by atoms with Crippen LogP contribution in [0.1, 0.15) is 38.7 Å². The largest absolute Gasteiger partial charge is 0.343 e. The van der Waals surface area contributed by atoms with Gasteiger partial charge in [-0.1, -0.05) is 17.7 Å². The third-order valence-electron chi connectivity index (χ3n) is 6.05. The molecule has 0 saturated carbocycles. The summed E-state index contributed by atoms with van der Waals surface area (Å²) in [6.45, 7) is 9.11. The van der Waals surface area contributed by atoms with Crippen LogP contribution in [0.3, 0.4) is 0 Å². The molecule has 3 rings (SSSR count). The molecule has 1 aromatic rings. The molecule has 2 aliphatic heterocycles. The van der Waals surface area contributed by atoms with Crippen molar-refractivity contribution in [2.75, 3.05) is 37.6 Å². The first-order valence-corrected chi connectivity index (χ1v) is 10.4. The monoisotopic (exact) mass is 385 g/mol. The predicted molar refractivity (Wildman–Crippen MR) is 109 cm³/mol. The van der Waals surface area contributed by atoms with Crippen LogP contribution in [0.5, 0.6) is 0 Å². The van der Waals surface area contributed by atoms with Crippen LogP contribution < -0.4 is 4.90 Å². The molecule has 2 heterocycles. The molecule has 152 valence electrons. The van der Waals surface area contributed by atoms with Crippen molar-refractivity contribution in [2.24, 2.45) is 11.8 Å². The summed E-state index contributed by atoms with van der Waals surface area (Å²) >= 11 is 0. The molecule has 0 aliphatic carbocycles. The number of carbonyl (C=O) groups is 3. The number of benzene rings is 1. The van der Waals surface area contributed by atoms with Gasteiger partial charge in [0.25, 0.3) is 0 Å². The Labute approximate surface area is 167 Å². The van der Waals surface area contributed by atoms with Crippen LogP contribution in [0.25, 0.3) is 0 Å². The number of piperidine rings is 1. The number of nitrogens with zero attached hydrogens (tertiary/aromatic N) is 3. The van der Waals surface area contributed by atoms with E-state index >= 15 is 0 Å². The van der Waals surface area contributed by atoms with E-state index in [1.165, 1.54) is 0 Å². The van der Waals surface area contributed by atoms with Crippen molar-refractivity contribution >= 4 is 23.4 Å². The smallest absolute Gasteiger partial charge is 0.228 e. The molecule has 0 radical (unpaired) electrons. The van der Waals surface area contributed by atoms with Gasteiger partial charge < -0.3 is 14.7 Å². The number of anilines is 1. The van der Waals surface area contributed by atoms with Gasteiger partial charge in [0.1, 0.15) is 0 Å². The Balaban J connectivity index is 1.56. The van der Waals surface area contributed by atoms with Gasteiger partial charge in [0.15, 0.2) is 0 Å². The van der Waals surface area contributed by atoms with Crippen LogP contribution in [-0.4, -0.2) is 60.2 Å². The third kappa shape index (κ3) is 4.21. The molecule has 6 nitrogen and oxygen atoms in total. The van der Waals surface area contributed by atoms with Crippen molar-refractivity contribution in [3.8, 4) is 0 Å². The first kappa shape index (κ1) is 20.4. The van der Waals surface area contributed by atoms with Crippen molar-refractivity contribution in [2.45, 2.75) is 40.0 Å². The predicted octanol–water partition coefficient (Wildman–Crippen LogP) is 2.45. The number of hydrogen-bond donors (Lipinski definition) is 0. The van der Waals surface area contributed by atoms with Crippen molar-refractivity contribution in [1.82, 2.24) is 9.80 Å². The van der Waals surface area contributed by atoms with Crippen LogP contribution >= 0.6 is 0 Å². The lowest BCUT2D eigenvalue weighted by atomic mass is 9.94. The maximum atomic E-state index is 13.0. The van der Waals surface area contributed by atoms with Gasteiger partial charge in [0.2, 0.25) is 17.7 Å². The van der Waals surface area contributed by atoms with Crippen LogP contribution in [0, 0.1) is 18.8 Å². The Morgan fingerprint density at radius 3 is 2.21 bits per heavy atom. The second-order valence-electron chi connectivity index (χ2n) is 7.85. The summed E-state index contributed by atoms with van der Waals surface area (Å²) in [5, 5.41) is 0. The molecule has 0 bridgehead atoms. The van der Waals surface area contributed by atoms with Crippen LogP contribution in [0.15, 0.2) is 24.3 Å². The van der Waals surface area contributed by atoms with Gasteiger partial charge in [-0.3, -0.25) is 14.4 Å². The number of rotatable bonds is 5. The lowest BCUT2D eigenvalue weighted by Crippen LogP contribution is -2.46. The van der Waals surface area contributed by atoms with E-state index in [0.717, 1.165) is 24.3 Å². The molecule has 2 aliphatic rings. The first-order chi connectivity index (χ1) is 13.4. The average Bonchev–Trinajstić information content (AvgIpc) is 3.10. The highest BCUT2D eigenvalue weighted by molar-refractivity contribution is 6.00. The topological polar surface area (TPSA) is 60.9 Å². The molecule has 1 atom stereocenters. The molecule has 0 spiro atoms. The quantitative estimate of drug-likeness (QED) is 0.782. The molecule has 0 aromatic heterocycles. The van der Waals surface area contributed by atoms with Gasteiger partial charge in [0.05, 0.1) is 5.92 Å². The second-order valence-corrected chi connectivity index (χ2v) is 7.85. The fourth-order valence-corrected chi connectivity index (χ4v) is 4.25. The van der Waals surface area contributed by atoms with E-state index in [0.29, 0.717) is 32.5 Å². The molecular formula is C22H31N3O3. The van der Waals surface area contributed by atoms with Gasteiger partial charge in [-0.05, 0) is 45.7 Å². The first-order valence-electron chi connectivity index (χ1n) is 10.4. The van der Waals surface area contributed by atoms with Crippen molar-refractivity contribution in [3.63, 3.8) is 0 Å². The normalized spacial score (nSPS) is 20.5. The number of likely N-dealkylation sites (tertiary alicyclic amines) is 1. The second kappa shape index (κ2) is 8.76. The SMILES string of the molecule is CCN(CC)C(=O)C1CCN(C(=O)[C@@H]2CC(=O)N(c3ccc(C)cc3)C2)CC1. The van der Waals surface area contributed by atoms with Gasteiger partial charge >= 0.3 is 0 Å². The molecular weight excluding hydrogens is 354 g/mol. The van der Waals surface area contributed by atoms with Gasteiger partial charge in [-0.15, -0.1) is 0 Å². The zero-order chi connectivity index (χ0) is 20.3. The third-order valence-corrected chi connectivity index (χ3v) is 6.05. The summed E-state index contributed by atoms with van der Waals surface area (Å²) < 4.78 is 0. The lowest BCUT2D eigenvalue weighted by Gasteiger charge is -2.34. The Hall–Kier alpha value is -2.37. The Bertz CT molecular complexity index is 719. The number of aryl methyl sites for hydroxylation is 1. The molecule has 2 fully saturated rings. The van der Waals surface area contributed by atoms with E-state index in [1.807, 2.05) is 54.8 Å². The minimum absolute atomic E-state index is 0.00815. The number of amides is 3. The fourth-order valence-electron chi connectivity index (χ4n) is 4.25. The standard InChI is InChI=1S/C22H31N3O3/c1-4-23(5-2)21(27)17-10-12-24(13-11-17)22(28)18-14-20(26)25(15-18)19-8-6-16(3)7-9-19/h6-9,17-18H,4-5,10-15H2,1-3H3/t18-/m1/s1. The summed E-state index contributed by atoms with van der Waals surface area (Å²) in [6, 6.07) is 7.83. The molecule has 0 unspecified atom stereocenters. The van der Waals surface area contributed by atoms with E-state index in [4.69, 9.17) is 0 Å². The molecule has 28 heavy (non-hydrogen) atoms.